The van der Waals surface area contributed by atoms with Crippen molar-refractivity contribution in [3.05, 3.63) is 156 Å². The van der Waals surface area contributed by atoms with Crippen LogP contribution in [-0.4, -0.2) is 14.5 Å². The Balaban J connectivity index is 1.42. The van der Waals surface area contributed by atoms with E-state index in [4.69, 9.17) is 9.97 Å². The number of rotatable bonds is 3. The smallest absolute Gasteiger partial charge is 0.139 e. The van der Waals surface area contributed by atoms with Crippen LogP contribution in [0.3, 0.4) is 0 Å². The fraction of sp³-hybridized carbons (Fsp3) is 0.111. The van der Waals surface area contributed by atoms with E-state index in [1.807, 2.05) is 6.20 Å². The summed E-state index contributed by atoms with van der Waals surface area (Å²) < 4.78 is 2.47. The largest absolute Gasteiger partial charge is 0.293 e. The molecule has 5 aromatic carbocycles. The molecule has 10 rings (SSSR count). The Morgan fingerprint density at radius 2 is 1.33 bits per heavy atom. The Labute approximate surface area is 279 Å². The lowest BCUT2D eigenvalue weighted by Crippen LogP contribution is -2.19. The Morgan fingerprint density at radius 1 is 0.667 bits per heavy atom. The summed E-state index contributed by atoms with van der Waals surface area (Å²) in [4.78, 5) is 10.6. The predicted octanol–water partition coefficient (Wildman–Crippen LogP) is 11.6. The van der Waals surface area contributed by atoms with Crippen LogP contribution in [-0.2, 0) is 5.41 Å². The molecule has 3 heterocycles. The number of nitrogens with zero attached hydrogens (tertiary/aromatic N) is 3. The van der Waals surface area contributed by atoms with Crippen molar-refractivity contribution in [2.24, 2.45) is 0 Å². The van der Waals surface area contributed by atoms with E-state index < -0.39 is 0 Å². The van der Waals surface area contributed by atoms with Gasteiger partial charge in [-0.25, -0.2) is 4.98 Å². The second-order valence-electron chi connectivity index (χ2n) is 13.6. The average molecular weight is 616 g/mol. The lowest BCUT2D eigenvalue weighted by atomic mass is 9.77. The number of aromatic nitrogens is 3. The normalized spacial score (nSPS) is 15.1. The van der Waals surface area contributed by atoms with Gasteiger partial charge in [-0.3, -0.25) is 9.55 Å². The molecule has 0 bridgehead atoms. The Bertz CT molecular complexity index is 2670. The predicted molar refractivity (Wildman–Crippen MR) is 201 cm³/mol. The third-order valence-corrected chi connectivity index (χ3v) is 10.7. The Kier molecular flexibility index (Phi) is 5.75. The van der Waals surface area contributed by atoms with Crippen molar-refractivity contribution in [2.75, 3.05) is 0 Å². The molecule has 0 radical (unpaired) electrons. The highest BCUT2D eigenvalue weighted by Crippen LogP contribution is 2.56. The van der Waals surface area contributed by atoms with Gasteiger partial charge in [-0.15, -0.1) is 0 Å². The van der Waals surface area contributed by atoms with Crippen LogP contribution in [0.25, 0.3) is 77.3 Å². The minimum Gasteiger partial charge on any atom is -0.293 e. The molecule has 0 spiro atoms. The van der Waals surface area contributed by atoms with Crippen LogP contribution in [0.1, 0.15) is 37.8 Å². The molecule has 2 aliphatic rings. The number of allylic oxidation sites excluding steroid dienone is 4. The van der Waals surface area contributed by atoms with Gasteiger partial charge in [0.25, 0.3) is 0 Å². The van der Waals surface area contributed by atoms with Crippen LogP contribution >= 0.6 is 0 Å². The van der Waals surface area contributed by atoms with Crippen LogP contribution in [0.15, 0.2) is 145 Å². The molecular weight excluding hydrogens is 583 g/mol. The first-order chi connectivity index (χ1) is 23.6. The van der Waals surface area contributed by atoms with Crippen molar-refractivity contribution in [3.63, 3.8) is 0 Å². The van der Waals surface area contributed by atoms with Gasteiger partial charge in [0.05, 0.1) is 22.1 Å². The molecule has 8 aromatic rings. The summed E-state index contributed by atoms with van der Waals surface area (Å²) in [6, 6.07) is 43.5. The van der Waals surface area contributed by atoms with Crippen LogP contribution < -0.4 is 0 Å². The van der Waals surface area contributed by atoms with Crippen molar-refractivity contribution in [1.82, 2.24) is 14.5 Å². The molecule has 3 aromatic heterocycles. The average Bonchev–Trinajstić information content (AvgIpc) is 3.61. The standard InChI is InChI=1S/C45H33N3/c1-45(2)36-23-13-11-21-33(36)39-31-19-9-10-20-32(31)40-34-22-12-14-24-37(34)48(44(40)41(39)45)38-27-35(29-17-7-4-8-18-29)42-43(47-38)30(25-26-46-42)28-15-5-3-6-16-28/h3-12,14-22,24-27H,13,23H2,1-2H3. The summed E-state index contributed by atoms with van der Waals surface area (Å²) in [5.74, 6) is 0.909. The maximum Gasteiger partial charge on any atom is 0.139 e. The second kappa shape index (κ2) is 10.1. The molecule has 0 amide bonds. The molecule has 0 fully saturated rings. The van der Waals surface area contributed by atoms with E-state index in [2.05, 4.69) is 152 Å². The van der Waals surface area contributed by atoms with Gasteiger partial charge in [0.1, 0.15) is 5.82 Å². The van der Waals surface area contributed by atoms with Crippen molar-refractivity contribution in [2.45, 2.75) is 32.1 Å². The molecule has 3 heteroatoms. The highest BCUT2D eigenvalue weighted by Gasteiger charge is 2.41. The SMILES string of the molecule is CC1(C)C2=C(C=CCC2)c2c1c1c(c3ccccc23)c2ccccc2n1-c1cc(-c2ccccc2)c2nccc(-c3ccccc3)c2n1. The Morgan fingerprint density at radius 3 is 2.10 bits per heavy atom. The van der Waals surface area contributed by atoms with Crippen molar-refractivity contribution in [1.29, 1.82) is 0 Å². The van der Waals surface area contributed by atoms with E-state index in [0.717, 1.165) is 51.9 Å². The van der Waals surface area contributed by atoms with Crippen LogP contribution in [0.2, 0.25) is 0 Å². The minimum atomic E-state index is -0.139. The molecule has 0 atom stereocenters. The van der Waals surface area contributed by atoms with Gasteiger partial charge in [0.2, 0.25) is 0 Å². The van der Waals surface area contributed by atoms with Crippen LogP contribution in [0.4, 0.5) is 0 Å². The lowest BCUT2D eigenvalue weighted by molar-refractivity contribution is 0.610. The minimum absolute atomic E-state index is 0.139. The molecule has 228 valence electrons. The molecule has 0 unspecified atom stereocenters. The van der Waals surface area contributed by atoms with Gasteiger partial charge in [0, 0.05) is 33.5 Å². The lowest BCUT2D eigenvalue weighted by Gasteiger charge is -2.27. The van der Waals surface area contributed by atoms with Crippen molar-refractivity contribution >= 4 is 49.2 Å². The maximum absolute atomic E-state index is 5.60. The highest BCUT2D eigenvalue weighted by atomic mass is 15.1. The number of para-hydroxylation sites is 1. The first kappa shape index (κ1) is 27.3. The number of hydrogen-bond acceptors (Lipinski definition) is 2. The molecule has 2 aliphatic carbocycles. The summed E-state index contributed by atoms with van der Waals surface area (Å²) in [6.45, 7) is 4.87. The highest BCUT2D eigenvalue weighted by molar-refractivity contribution is 6.26. The fourth-order valence-electron chi connectivity index (χ4n) is 8.66. The molecule has 48 heavy (non-hydrogen) atoms. The molecule has 3 nitrogen and oxygen atoms in total. The summed E-state index contributed by atoms with van der Waals surface area (Å²) in [5, 5.41) is 5.18. The summed E-state index contributed by atoms with van der Waals surface area (Å²) >= 11 is 0. The topological polar surface area (TPSA) is 30.7 Å². The molecular formula is C45H33N3. The van der Waals surface area contributed by atoms with E-state index in [1.165, 1.54) is 49.3 Å². The van der Waals surface area contributed by atoms with Gasteiger partial charge in [-0.05, 0) is 69.6 Å². The number of hydrogen-bond donors (Lipinski definition) is 0. The monoisotopic (exact) mass is 615 g/mol. The summed E-state index contributed by atoms with van der Waals surface area (Å²) in [5.41, 5.74) is 14.3. The van der Waals surface area contributed by atoms with E-state index in [9.17, 15) is 0 Å². The number of benzene rings is 5. The molecule has 0 N–H and O–H groups in total. The van der Waals surface area contributed by atoms with E-state index in [1.54, 1.807) is 5.57 Å². The van der Waals surface area contributed by atoms with Gasteiger partial charge in [0.15, 0.2) is 0 Å². The zero-order chi connectivity index (χ0) is 32.0. The van der Waals surface area contributed by atoms with Gasteiger partial charge < -0.3 is 0 Å². The van der Waals surface area contributed by atoms with Gasteiger partial charge in [-0.2, -0.15) is 0 Å². The first-order valence-electron chi connectivity index (χ1n) is 16.9. The quantitative estimate of drug-likeness (QED) is 0.198. The van der Waals surface area contributed by atoms with Crippen LogP contribution in [0, 0.1) is 0 Å². The second-order valence-corrected chi connectivity index (χ2v) is 13.6. The van der Waals surface area contributed by atoms with E-state index in [-0.39, 0.29) is 5.41 Å². The third kappa shape index (κ3) is 3.70. The fourth-order valence-corrected chi connectivity index (χ4v) is 8.66. The van der Waals surface area contributed by atoms with E-state index in [0.29, 0.717) is 0 Å². The van der Waals surface area contributed by atoms with Gasteiger partial charge in [-0.1, -0.05) is 135 Å². The van der Waals surface area contributed by atoms with E-state index >= 15 is 0 Å². The molecule has 0 saturated heterocycles. The summed E-state index contributed by atoms with van der Waals surface area (Å²) in [6.07, 6.45) is 8.83. The first-order valence-corrected chi connectivity index (χ1v) is 16.9. The van der Waals surface area contributed by atoms with Crippen molar-refractivity contribution < 1.29 is 0 Å². The third-order valence-electron chi connectivity index (χ3n) is 10.7. The van der Waals surface area contributed by atoms with Gasteiger partial charge >= 0.3 is 0 Å². The zero-order valence-electron chi connectivity index (χ0n) is 27.0. The number of fused-ring (bicyclic) bond motifs is 10. The number of pyridine rings is 2. The molecule has 0 saturated carbocycles. The maximum atomic E-state index is 5.60. The molecule has 0 aliphatic heterocycles. The summed E-state index contributed by atoms with van der Waals surface area (Å²) in [7, 11) is 0. The van der Waals surface area contributed by atoms with Crippen LogP contribution in [0.5, 0.6) is 0 Å². The van der Waals surface area contributed by atoms with Crippen molar-refractivity contribution in [3.8, 4) is 28.1 Å². The zero-order valence-corrected chi connectivity index (χ0v) is 27.0. The Hall–Kier alpha value is -5.80.